The number of hydrogen-bond donors (Lipinski definition) is 1. The van der Waals surface area contributed by atoms with Gasteiger partial charge in [0.25, 0.3) is 5.91 Å². The van der Waals surface area contributed by atoms with E-state index in [2.05, 4.69) is 5.32 Å². The molecule has 1 aromatic carbocycles. The lowest BCUT2D eigenvalue weighted by Crippen LogP contribution is -2.74. The number of amides is 2. The van der Waals surface area contributed by atoms with Crippen molar-refractivity contribution in [2.75, 3.05) is 25.5 Å². The lowest BCUT2D eigenvalue weighted by molar-refractivity contribution is -0.449. The molecule has 1 saturated heterocycles. The molecule has 1 aliphatic heterocycles. The van der Waals surface area contributed by atoms with E-state index >= 15 is 0 Å². The first kappa shape index (κ1) is 34.1. The number of benzene rings is 1. The minimum absolute atomic E-state index is 0.205. The third-order valence-corrected chi connectivity index (χ3v) is 6.11. The van der Waals surface area contributed by atoms with E-state index in [1.54, 1.807) is 0 Å². The molecule has 1 aromatic rings. The Bertz CT molecular complexity index is 1110. The number of carbonyl (C=O) groups is 2. The zero-order valence-corrected chi connectivity index (χ0v) is 20.1. The highest BCUT2D eigenvalue weighted by atomic mass is 19.4. The molecule has 20 heteroatoms. The van der Waals surface area contributed by atoms with E-state index in [4.69, 9.17) is 4.74 Å². The van der Waals surface area contributed by atoms with Crippen LogP contribution < -0.4 is 10.1 Å². The summed E-state index contributed by atoms with van der Waals surface area (Å²) in [4.78, 5) is 24.0. The maximum atomic E-state index is 14.2. The van der Waals surface area contributed by atoms with E-state index in [-0.39, 0.29) is 10.6 Å². The van der Waals surface area contributed by atoms with Gasteiger partial charge < -0.3 is 15.0 Å². The number of piperidine rings is 1. The minimum atomic E-state index is -8.47. The van der Waals surface area contributed by atoms with Crippen LogP contribution in [0.5, 0.6) is 5.75 Å². The van der Waals surface area contributed by atoms with E-state index in [9.17, 15) is 75.4 Å². The molecule has 0 unspecified atom stereocenters. The van der Waals surface area contributed by atoms with Crippen molar-refractivity contribution in [1.29, 1.82) is 0 Å². The van der Waals surface area contributed by atoms with Crippen molar-refractivity contribution in [3.05, 3.63) is 24.3 Å². The molecule has 0 spiro atoms. The summed E-state index contributed by atoms with van der Waals surface area (Å²) in [5.74, 6) is -53.1. The molecule has 5 nitrogen and oxygen atoms in total. The van der Waals surface area contributed by atoms with Gasteiger partial charge in [0.1, 0.15) is 5.75 Å². The summed E-state index contributed by atoms with van der Waals surface area (Å²) in [6.45, 7) is -2.12. The summed E-state index contributed by atoms with van der Waals surface area (Å²) in [7, 11) is 1.34. The van der Waals surface area contributed by atoms with E-state index in [0.29, 0.717) is 5.75 Å². The van der Waals surface area contributed by atoms with Gasteiger partial charge in [-0.2, -0.15) is 65.9 Å². The zero-order chi connectivity index (χ0) is 32.0. The molecule has 0 bridgehead atoms. The molecule has 0 saturated carbocycles. The van der Waals surface area contributed by atoms with Crippen LogP contribution in [0.2, 0.25) is 0 Å². The normalized spacial score (nSPS) is 16.9. The van der Waals surface area contributed by atoms with Crippen molar-refractivity contribution in [3.63, 3.8) is 0 Å². The van der Waals surface area contributed by atoms with Crippen LogP contribution in [-0.4, -0.2) is 78.6 Å². The van der Waals surface area contributed by atoms with E-state index in [1.165, 1.54) is 31.4 Å². The highest BCUT2D eigenvalue weighted by Gasteiger charge is 2.94. The first-order valence-corrected chi connectivity index (χ1v) is 10.9. The smallest absolute Gasteiger partial charge is 0.460 e. The number of alkyl halides is 15. The Hall–Kier alpha value is -3.09. The lowest BCUT2D eigenvalue weighted by Gasteiger charge is -2.42. The zero-order valence-electron chi connectivity index (χ0n) is 20.1. The molecule has 0 aromatic heterocycles. The molecule has 0 atom stereocenters. The Kier molecular flexibility index (Phi) is 8.85. The van der Waals surface area contributed by atoms with Crippen LogP contribution in [0.3, 0.4) is 0 Å². The van der Waals surface area contributed by atoms with Crippen LogP contribution in [0.1, 0.15) is 12.8 Å². The van der Waals surface area contributed by atoms with Crippen LogP contribution in [0.15, 0.2) is 24.3 Å². The average molecular weight is 630 g/mol. The second-order valence-electron chi connectivity index (χ2n) is 8.73. The first-order valence-electron chi connectivity index (χ1n) is 10.9. The number of methoxy groups -OCH3 is 1. The second kappa shape index (κ2) is 10.6. The predicted molar refractivity (Wildman–Crippen MR) is 107 cm³/mol. The summed E-state index contributed by atoms with van der Waals surface area (Å²) in [5.41, 5.74) is 0.205. The van der Waals surface area contributed by atoms with Gasteiger partial charge in [-0.1, -0.05) is 0 Å². The number of rotatable bonds is 9. The standard InChI is InChI=1S/C21H17F15N2O3/c1-41-12-4-2-11(3-5-12)37-13(39)10-6-8-38(9-7-10)14(40)15(22,23)16(24,25)17(26,27)18(28,29)19(30,31)20(32,33)21(34,35)36/h2-5,10H,6-9H2,1H3,(H,37,39). The highest BCUT2D eigenvalue weighted by molar-refractivity contribution is 5.93. The number of hydrogen-bond acceptors (Lipinski definition) is 3. The molecule has 41 heavy (non-hydrogen) atoms. The number of nitrogens with one attached hydrogen (secondary N) is 1. The third-order valence-electron chi connectivity index (χ3n) is 6.11. The van der Waals surface area contributed by atoms with Crippen LogP contribution in [0.4, 0.5) is 71.5 Å². The van der Waals surface area contributed by atoms with E-state index in [1.807, 2.05) is 0 Å². The van der Waals surface area contributed by atoms with Crippen LogP contribution in [0.25, 0.3) is 0 Å². The maximum absolute atomic E-state index is 14.2. The van der Waals surface area contributed by atoms with Gasteiger partial charge in [0, 0.05) is 24.7 Å². The van der Waals surface area contributed by atoms with Gasteiger partial charge in [-0.05, 0) is 37.1 Å². The summed E-state index contributed by atoms with van der Waals surface area (Å²) in [5, 5.41) is 2.37. The largest absolute Gasteiger partial charge is 0.497 e. The topological polar surface area (TPSA) is 58.6 Å². The fourth-order valence-corrected chi connectivity index (χ4v) is 3.56. The van der Waals surface area contributed by atoms with Crippen LogP contribution in [0, 0.1) is 5.92 Å². The summed E-state index contributed by atoms with van der Waals surface area (Å²) >= 11 is 0. The Balaban J connectivity index is 2.23. The van der Waals surface area contributed by atoms with Crippen molar-refractivity contribution in [2.24, 2.45) is 5.92 Å². The molecule has 1 aliphatic rings. The van der Waals surface area contributed by atoms with Gasteiger partial charge in [-0.3, -0.25) is 9.59 Å². The third kappa shape index (κ3) is 5.44. The lowest BCUT2D eigenvalue weighted by atomic mass is 9.90. The van der Waals surface area contributed by atoms with Gasteiger partial charge in [0.15, 0.2) is 0 Å². The first-order chi connectivity index (χ1) is 18.3. The summed E-state index contributed by atoms with van der Waals surface area (Å²) < 4.78 is 205. The van der Waals surface area contributed by atoms with Gasteiger partial charge in [-0.15, -0.1) is 0 Å². The second-order valence-corrected chi connectivity index (χ2v) is 8.73. The summed E-state index contributed by atoms with van der Waals surface area (Å²) in [6.07, 6.45) is -8.89. The number of ether oxygens (including phenoxy) is 1. The number of carbonyl (C=O) groups excluding carboxylic acids is 2. The molecular weight excluding hydrogens is 613 g/mol. The number of likely N-dealkylation sites (tertiary alicyclic amines) is 1. The van der Waals surface area contributed by atoms with E-state index < -0.39 is 85.4 Å². The quantitative estimate of drug-likeness (QED) is 0.329. The van der Waals surface area contributed by atoms with Crippen molar-refractivity contribution >= 4 is 17.5 Å². The molecular formula is C21H17F15N2O3. The molecule has 2 amide bonds. The molecule has 0 aliphatic carbocycles. The highest BCUT2D eigenvalue weighted by Crippen LogP contribution is 2.62. The molecule has 0 radical (unpaired) electrons. The minimum Gasteiger partial charge on any atom is -0.497 e. The fourth-order valence-electron chi connectivity index (χ4n) is 3.56. The Morgan fingerprint density at radius 2 is 1.12 bits per heavy atom. The Morgan fingerprint density at radius 3 is 1.54 bits per heavy atom. The predicted octanol–water partition coefficient (Wildman–Crippen LogP) is 6.25. The van der Waals surface area contributed by atoms with Gasteiger partial charge >= 0.3 is 41.7 Å². The number of nitrogens with zero attached hydrogens (tertiary/aromatic N) is 1. The number of halogens is 15. The summed E-state index contributed by atoms with van der Waals surface area (Å²) in [6, 6.07) is 5.61. The van der Waals surface area contributed by atoms with Crippen molar-refractivity contribution in [2.45, 2.75) is 54.6 Å². The monoisotopic (exact) mass is 630 g/mol. The van der Waals surface area contributed by atoms with Crippen molar-refractivity contribution < 1.29 is 80.2 Å². The molecule has 1 N–H and O–H groups in total. The van der Waals surface area contributed by atoms with Gasteiger partial charge in [0.2, 0.25) is 5.91 Å². The number of anilines is 1. The fraction of sp³-hybridized carbons (Fsp3) is 0.619. The van der Waals surface area contributed by atoms with E-state index in [0.717, 1.165) is 0 Å². The molecule has 234 valence electrons. The van der Waals surface area contributed by atoms with Crippen molar-refractivity contribution in [1.82, 2.24) is 4.90 Å². The Morgan fingerprint density at radius 1 is 0.707 bits per heavy atom. The molecule has 1 heterocycles. The Labute approximate surface area is 219 Å². The van der Waals surface area contributed by atoms with Gasteiger partial charge in [0.05, 0.1) is 7.11 Å². The molecule has 1 fully saturated rings. The SMILES string of the molecule is COc1ccc(NC(=O)C2CCN(C(=O)C(F)(F)C(F)(F)C(F)(F)C(F)(F)C(F)(F)C(F)(F)C(F)(F)F)CC2)cc1. The average Bonchev–Trinajstić information content (AvgIpc) is 2.87. The molecule has 2 rings (SSSR count). The van der Waals surface area contributed by atoms with Gasteiger partial charge in [-0.25, -0.2) is 0 Å². The van der Waals surface area contributed by atoms with Crippen LogP contribution >= 0.6 is 0 Å². The van der Waals surface area contributed by atoms with Crippen molar-refractivity contribution in [3.8, 4) is 5.75 Å². The maximum Gasteiger partial charge on any atom is 0.460 e. The van der Waals surface area contributed by atoms with Crippen LogP contribution in [-0.2, 0) is 9.59 Å².